The largest absolute Gasteiger partial charge is 0.387 e. The quantitative estimate of drug-likeness (QED) is 0.870. The van der Waals surface area contributed by atoms with Crippen LogP contribution in [0, 0.1) is 5.82 Å². The standard InChI is InChI=1S/C11H9ClFN3S/c12-8-3-1-2-7(9(8)13)6-16-5-4-15-11(16)10(14)17/h1-5H,6H2,(H2,14,17). The molecule has 88 valence electrons. The van der Waals surface area contributed by atoms with E-state index in [1.54, 1.807) is 29.1 Å². The number of hydrogen-bond acceptors (Lipinski definition) is 2. The predicted molar refractivity (Wildman–Crippen MR) is 68.6 cm³/mol. The summed E-state index contributed by atoms with van der Waals surface area (Å²) in [5.41, 5.74) is 5.97. The van der Waals surface area contributed by atoms with Gasteiger partial charge in [0, 0.05) is 18.0 Å². The van der Waals surface area contributed by atoms with Gasteiger partial charge < -0.3 is 10.3 Å². The number of aromatic nitrogens is 2. The van der Waals surface area contributed by atoms with E-state index in [0.717, 1.165) is 0 Å². The maximum absolute atomic E-state index is 13.7. The zero-order valence-electron chi connectivity index (χ0n) is 8.73. The van der Waals surface area contributed by atoms with Crippen LogP contribution in [0.25, 0.3) is 0 Å². The fraction of sp³-hybridized carbons (Fsp3) is 0.0909. The molecule has 2 N–H and O–H groups in total. The van der Waals surface area contributed by atoms with Crippen molar-refractivity contribution in [3.63, 3.8) is 0 Å². The van der Waals surface area contributed by atoms with Crippen molar-refractivity contribution >= 4 is 28.8 Å². The van der Waals surface area contributed by atoms with Gasteiger partial charge >= 0.3 is 0 Å². The SMILES string of the molecule is NC(=S)c1nccn1Cc1cccc(Cl)c1F. The lowest BCUT2D eigenvalue weighted by atomic mass is 10.2. The van der Waals surface area contributed by atoms with Crippen LogP contribution >= 0.6 is 23.8 Å². The predicted octanol–water partition coefficient (Wildman–Crippen LogP) is 2.36. The summed E-state index contributed by atoms with van der Waals surface area (Å²) < 4.78 is 15.4. The van der Waals surface area contributed by atoms with Crippen molar-refractivity contribution < 1.29 is 4.39 Å². The van der Waals surface area contributed by atoms with E-state index in [9.17, 15) is 4.39 Å². The number of hydrogen-bond donors (Lipinski definition) is 1. The molecule has 0 amide bonds. The summed E-state index contributed by atoms with van der Waals surface area (Å²) in [4.78, 5) is 4.18. The maximum Gasteiger partial charge on any atom is 0.167 e. The molecule has 1 aromatic carbocycles. The van der Waals surface area contributed by atoms with Gasteiger partial charge in [-0.3, -0.25) is 0 Å². The van der Waals surface area contributed by atoms with Crippen molar-refractivity contribution in [2.24, 2.45) is 5.73 Å². The van der Waals surface area contributed by atoms with Gasteiger partial charge in [-0.2, -0.15) is 0 Å². The van der Waals surface area contributed by atoms with E-state index in [2.05, 4.69) is 4.98 Å². The Hall–Kier alpha value is -1.46. The molecule has 6 heteroatoms. The summed E-state index contributed by atoms with van der Waals surface area (Å²) in [6.45, 7) is 0.291. The fourth-order valence-electron chi connectivity index (χ4n) is 1.52. The molecule has 3 nitrogen and oxygen atoms in total. The highest BCUT2D eigenvalue weighted by molar-refractivity contribution is 7.80. The zero-order chi connectivity index (χ0) is 12.4. The lowest BCUT2D eigenvalue weighted by Crippen LogP contribution is -2.17. The molecule has 17 heavy (non-hydrogen) atoms. The van der Waals surface area contributed by atoms with Gasteiger partial charge in [0.25, 0.3) is 0 Å². The number of halogens is 2. The Kier molecular flexibility index (Phi) is 3.40. The summed E-state index contributed by atoms with van der Waals surface area (Å²) in [6.07, 6.45) is 3.26. The van der Waals surface area contributed by atoms with Crippen LogP contribution in [0.4, 0.5) is 4.39 Å². The van der Waals surface area contributed by atoms with Crippen molar-refractivity contribution in [2.75, 3.05) is 0 Å². The van der Waals surface area contributed by atoms with Crippen molar-refractivity contribution in [3.8, 4) is 0 Å². The van der Waals surface area contributed by atoms with E-state index < -0.39 is 5.82 Å². The molecule has 0 radical (unpaired) electrons. The zero-order valence-corrected chi connectivity index (χ0v) is 10.3. The molecule has 0 aliphatic heterocycles. The maximum atomic E-state index is 13.7. The van der Waals surface area contributed by atoms with Crippen LogP contribution in [0.1, 0.15) is 11.4 Å². The molecule has 0 fully saturated rings. The lowest BCUT2D eigenvalue weighted by Gasteiger charge is -2.08. The normalized spacial score (nSPS) is 10.5. The Labute approximate surface area is 108 Å². The van der Waals surface area contributed by atoms with Crippen LogP contribution in [-0.2, 0) is 6.54 Å². The molecule has 1 aromatic heterocycles. The van der Waals surface area contributed by atoms with Crippen LogP contribution in [0.15, 0.2) is 30.6 Å². The van der Waals surface area contributed by atoms with E-state index >= 15 is 0 Å². The number of thiocarbonyl (C=S) groups is 1. The monoisotopic (exact) mass is 269 g/mol. The van der Waals surface area contributed by atoms with Crippen molar-refractivity contribution in [3.05, 3.63) is 52.8 Å². The van der Waals surface area contributed by atoms with Gasteiger partial charge in [-0.25, -0.2) is 9.37 Å². The Morgan fingerprint density at radius 1 is 1.53 bits per heavy atom. The third kappa shape index (κ3) is 2.45. The van der Waals surface area contributed by atoms with E-state index in [-0.39, 0.29) is 10.0 Å². The van der Waals surface area contributed by atoms with Crippen LogP contribution in [0.3, 0.4) is 0 Å². The molecule has 2 aromatic rings. The molecule has 0 aliphatic rings. The van der Waals surface area contributed by atoms with E-state index in [4.69, 9.17) is 29.6 Å². The van der Waals surface area contributed by atoms with Gasteiger partial charge in [0.15, 0.2) is 5.82 Å². The van der Waals surface area contributed by atoms with Crippen LogP contribution < -0.4 is 5.73 Å². The molecule has 0 saturated heterocycles. The van der Waals surface area contributed by atoms with Crippen LogP contribution in [-0.4, -0.2) is 14.5 Å². The molecule has 0 spiro atoms. The summed E-state index contributed by atoms with van der Waals surface area (Å²) in [7, 11) is 0. The minimum Gasteiger partial charge on any atom is -0.387 e. The van der Waals surface area contributed by atoms with E-state index in [1.165, 1.54) is 6.07 Å². The molecule has 0 atom stereocenters. The van der Waals surface area contributed by atoms with Crippen LogP contribution in [0.2, 0.25) is 5.02 Å². The Morgan fingerprint density at radius 2 is 2.29 bits per heavy atom. The minimum atomic E-state index is -0.434. The smallest absolute Gasteiger partial charge is 0.167 e. The van der Waals surface area contributed by atoms with Crippen molar-refractivity contribution in [1.29, 1.82) is 0 Å². The second kappa shape index (κ2) is 4.81. The summed E-state index contributed by atoms with van der Waals surface area (Å²) >= 11 is 10.6. The lowest BCUT2D eigenvalue weighted by molar-refractivity contribution is 0.599. The van der Waals surface area contributed by atoms with Crippen molar-refractivity contribution in [2.45, 2.75) is 6.54 Å². The number of benzene rings is 1. The first-order valence-electron chi connectivity index (χ1n) is 4.83. The van der Waals surface area contributed by atoms with E-state index in [1.807, 2.05) is 0 Å². The summed E-state index contributed by atoms with van der Waals surface area (Å²) in [6, 6.07) is 4.85. The Morgan fingerprint density at radius 3 is 3.00 bits per heavy atom. The van der Waals surface area contributed by atoms with Gasteiger partial charge in [-0.1, -0.05) is 36.0 Å². The van der Waals surface area contributed by atoms with E-state index in [0.29, 0.717) is 17.9 Å². The first kappa shape index (κ1) is 12.0. The second-order valence-corrected chi connectivity index (χ2v) is 4.30. The highest BCUT2D eigenvalue weighted by atomic mass is 35.5. The number of nitrogens with two attached hydrogens (primary N) is 1. The number of rotatable bonds is 3. The van der Waals surface area contributed by atoms with Gasteiger partial charge in [0.2, 0.25) is 0 Å². The molecule has 1 heterocycles. The molecule has 2 rings (SSSR count). The highest BCUT2D eigenvalue weighted by Gasteiger charge is 2.10. The average Bonchev–Trinajstić information content (AvgIpc) is 2.73. The minimum absolute atomic E-state index is 0.0968. The Bertz CT molecular complexity index is 568. The molecule has 0 bridgehead atoms. The molecular weight excluding hydrogens is 261 g/mol. The van der Waals surface area contributed by atoms with Crippen LogP contribution in [0.5, 0.6) is 0 Å². The summed E-state index contributed by atoms with van der Waals surface area (Å²) in [5, 5.41) is 0.0968. The van der Waals surface area contributed by atoms with Gasteiger partial charge in [-0.05, 0) is 6.07 Å². The first-order chi connectivity index (χ1) is 8.09. The number of nitrogens with zero attached hydrogens (tertiary/aromatic N) is 2. The molecular formula is C11H9ClFN3S. The third-order valence-corrected chi connectivity index (χ3v) is 2.78. The Balaban J connectivity index is 2.35. The number of imidazole rings is 1. The van der Waals surface area contributed by atoms with Gasteiger partial charge in [0.05, 0.1) is 11.6 Å². The molecule has 0 saturated carbocycles. The topological polar surface area (TPSA) is 43.8 Å². The van der Waals surface area contributed by atoms with Gasteiger partial charge in [-0.15, -0.1) is 0 Å². The van der Waals surface area contributed by atoms with Gasteiger partial charge in [0.1, 0.15) is 10.8 Å². The average molecular weight is 270 g/mol. The first-order valence-corrected chi connectivity index (χ1v) is 5.62. The highest BCUT2D eigenvalue weighted by Crippen LogP contribution is 2.19. The second-order valence-electron chi connectivity index (χ2n) is 3.46. The third-order valence-electron chi connectivity index (χ3n) is 2.31. The molecule has 0 aliphatic carbocycles. The summed E-state index contributed by atoms with van der Waals surface area (Å²) in [5.74, 6) is 0.0242. The fourth-order valence-corrected chi connectivity index (χ4v) is 1.88. The molecule has 0 unspecified atom stereocenters. The van der Waals surface area contributed by atoms with Crippen molar-refractivity contribution in [1.82, 2.24) is 9.55 Å².